The summed E-state index contributed by atoms with van der Waals surface area (Å²) < 4.78 is 0. The highest BCUT2D eigenvalue weighted by Crippen LogP contribution is 2.16. The minimum atomic E-state index is -1.37. The van der Waals surface area contributed by atoms with Crippen molar-refractivity contribution >= 4 is 17.7 Å². The van der Waals surface area contributed by atoms with Gasteiger partial charge in [0.1, 0.15) is 0 Å². The molecule has 0 spiro atoms. The van der Waals surface area contributed by atoms with E-state index >= 15 is 0 Å². The molecule has 0 bridgehead atoms. The fourth-order valence-electron chi connectivity index (χ4n) is 1.69. The van der Waals surface area contributed by atoms with Crippen LogP contribution in [-0.4, -0.2) is 27.9 Å². The van der Waals surface area contributed by atoms with E-state index in [2.05, 4.69) is 0 Å². The van der Waals surface area contributed by atoms with Gasteiger partial charge < -0.3 is 10.2 Å². The maximum absolute atomic E-state index is 11.9. The number of hydrogen-bond donors (Lipinski definition) is 2. The molecule has 0 saturated heterocycles. The Morgan fingerprint density at radius 1 is 0.947 bits per heavy atom. The van der Waals surface area contributed by atoms with Gasteiger partial charge >= 0.3 is 11.9 Å². The first-order chi connectivity index (χ1) is 8.97. The molecule has 2 N–H and O–H groups in total. The predicted molar refractivity (Wildman–Crippen MR) is 68.0 cm³/mol. The van der Waals surface area contributed by atoms with Gasteiger partial charge in [0.25, 0.3) is 0 Å². The number of carbonyl (C=O) groups excluding carboxylic acids is 1. The first kappa shape index (κ1) is 14.6. The van der Waals surface area contributed by atoms with Crippen molar-refractivity contribution in [3.63, 3.8) is 0 Å². The van der Waals surface area contributed by atoms with Gasteiger partial charge in [-0.3, -0.25) is 4.79 Å². The Hall–Kier alpha value is -2.43. The monoisotopic (exact) mass is 262 g/mol. The summed E-state index contributed by atoms with van der Waals surface area (Å²) >= 11 is 0. The van der Waals surface area contributed by atoms with Crippen LogP contribution < -0.4 is 0 Å². The zero-order valence-corrected chi connectivity index (χ0v) is 10.4. The number of aliphatic carboxylic acids is 2. The second kappa shape index (κ2) is 6.49. The number of hydrogen-bond acceptors (Lipinski definition) is 3. The van der Waals surface area contributed by atoms with Gasteiger partial charge in [0.05, 0.1) is 5.57 Å². The molecule has 0 aliphatic rings. The highest BCUT2D eigenvalue weighted by atomic mass is 16.4. The summed E-state index contributed by atoms with van der Waals surface area (Å²) in [5, 5.41) is 18.0. The van der Waals surface area contributed by atoms with Crippen LogP contribution in [-0.2, 0) is 9.59 Å². The van der Waals surface area contributed by atoms with Crippen LogP contribution in [0.5, 0.6) is 0 Å². The van der Waals surface area contributed by atoms with Crippen LogP contribution in [0, 0.1) is 0 Å². The summed E-state index contributed by atoms with van der Waals surface area (Å²) in [5.41, 5.74) is -0.234. The predicted octanol–water partition coefficient (Wildman–Crippen LogP) is 2.14. The van der Waals surface area contributed by atoms with Gasteiger partial charge in [-0.15, -0.1) is 0 Å². The molecule has 100 valence electrons. The maximum Gasteiger partial charge on any atom is 0.332 e. The van der Waals surface area contributed by atoms with Crippen LogP contribution >= 0.6 is 0 Å². The standard InChI is InChI=1S/C14H14O5/c1-2-10(13(16)17)11(14(18)19)8-12(15)9-6-4-3-5-7-9/h3-7H,2,8H2,1H3,(H,16,17)(H,18,19). The Bertz CT molecular complexity index is 528. The molecule has 0 aromatic heterocycles. The fraction of sp³-hybridized carbons (Fsp3) is 0.214. The molecule has 19 heavy (non-hydrogen) atoms. The molecule has 0 fully saturated rings. The number of carbonyl (C=O) groups is 3. The highest BCUT2D eigenvalue weighted by Gasteiger charge is 2.21. The third-order valence-corrected chi connectivity index (χ3v) is 2.67. The first-order valence-electron chi connectivity index (χ1n) is 5.74. The molecular weight excluding hydrogens is 248 g/mol. The average Bonchev–Trinajstić information content (AvgIpc) is 2.38. The zero-order valence-electron chi connectivity index (χ0n) is 10.4. The maximum atomic E-state index is 11.9. The van der Waals surface area contributed by atoms with Crippen LogP contribution in [0.1, 0.15) is 30.1 Å². The van der Waals surface area contributed by atoms with Gasteiger partial charge in [-0.25, -0.2) is 9.59 Å². The van der Waals surface area contributed by atoms with Crippen molar-refractivity contribution in [2.24, 2.45) is 0 Å². The van der Waals surface area contributed by atoms with Gasteiger partial charge in [-0.1, -0.05) is 37.3 Å². The van der Waals surface area contributed by atoms with E-state index in [1.54, 1.807) is 37.3 Å². The number of rotatable bonds is 6. The minimum Gasteiger partial charge on any atom is -0.478 e. The van der Waals surface area contributed by atoms with Crippen LogP contribution in [0.15, 0.2) is 41.5 Å². The lowest BCUT2D eigenvalue weighted by Crippen LogP contribution is -2.14. The molecule has 0 unspecified atom stereocenters. The van der Waals surface area contributed by atoms with Crippen molar-refractivity contribution in [1.82, 2.24) is 0 Å². The lowest BCUT2D eigenvalue weighted by molar-refractivity contribution is -0.136. The molecule has 0 heterocycles. The van der Waals surface area contributed by atoms with Crippen LogP contribution in [0.2, 0.25) is 0 Å². The molecule has 5 nitrogen and oxygen atoms in total. The number of Topliss-reactive ketones (excluding diaryl/α,β-unsaturated/α-hetero) is 1. The van der Waals surface area contributed by atoms with Crippen LogP contribution in [0.4, 0.5) is 0 Å². The average molecular weight is 262 g/mol. The topological polar surface area (TPSA) is 91.7 Å². The Morgan fingerprint density at radius 2 is 1.47 bits per heavy atom. The molecule has 1 aromatic rings. The Balaban J connectivity index is 3.08. The van der Waals surface area contributed by atoms with E-state index in [1.165, 1.54) is 0 Å². The van der Waals surface area contributed by atoms with Gasteiger partial charge in [0.2, 0.25) is 0 Å². The van der Waals surface area contributed by atoms with Crippen molar-refractivity contribution in [3.8, 4) is 0 Å². The fourth-order valence-corrected chi connectivity index (χ4v) is 1.69. The van der Waals surface area contributed by atoms with E-state index in [1.807, 2.05) is 0 Å². The number of benzene rings is 1. The molecule has 0 aliphatic heterocycles. The summed E-state index contributed by atoms with van der Waals surface area (Å²) in [6.45, 7) is 1.54. The van der Waals surface area contributed by atoms with Crippen LogP contribution in [0.3, 0.4) is 0 Å². The summed E-state index contributed by atoms with van der Waals surface area (Å²) in [6.07, 6.45) is -0.367. The second-order valence-corrected chi connectivity index (χ2v) is 3.89. The van der Waals surface area contributed by atoms with Crippen molar-refractivity contribution in [1.29, 1.82) is 0 Å². The molecule has 0 aliphatic carbocycles. The summed E-state index contributed by atoms with van der Waals surface area (Å²) in [6, 6.07) is 8.19. The molecule has 1 rings (SSSR count). The highest BCUT2D eigenvalue weighted by molar-refractivity contribution is 6.06. The lowest BCUT2D eigenvalue weighted by atomic mass is 9.97. The van der Waals surface area contributed by atoms with E-state index in [4.69, 9.17) is 10.2 Å². The minimum absolute atomic E-state index is 0.0546. The number of ketones is 1. The van der Waals surface area contributed by atoms with E-state index in [9.17, 15) is 14.4 Å². The largest absolute Gasteiger partial charge is 0.478 e. The summed E-state index contributed by atoms with van der Waals surface area (Å²) in [7, 11) is 0. The molecule has 0 atom stereocenters. The smallest absolute Gasteiger partial charge is 0.332 e. The van der Waals surface area contributed by atoms with Crippen molar-refractivity contribution < 1.29 is 24.6 Å². The first-order valence-corrected chi connectivity index (χ1v) is 5.74. The van der Waals surface area contributed by atoms with E-state index in [0.29, 0.717) is 5.56 Å². The SMILES string of the molecule is CCC(C(=O)O)=C(CC(=O)c1ccccc1)C(=O)O. The molecule has 0 radical (unpaired) electrons. The zero-order chi connectivity index (χ0) is 14.4. The third kappa shape index (κ3) is 3.77. The van der Waals surface area contributed by atoms with Crippen molar-refractivity contribution in [2.45, 2.75) is 19.8 Å². The molecule has 0 amide bonds. The van der Waals surface area contributed by atoms with E-state index in [-0.39, 0.29) is 17.6 Å². The summed E-state index contributed by atoms with van der Waals surface area (Å²) in [4.78, 5) is 34.0. The van der Waals surface area contributed by atoms with Crippen molar-refractivity contribution in [3.05, 3.63) is 47.0 Å². The normalized spacial score (nSPS) is 11.6. The van der Waals surface area contributed by atoms with Gasteiger partial charge in [0, 0.05) is 17.6 Å². The van der Waals surface area contributed by atoms with Gasteiger partial charge in [-0.05, 0) is 6.42 Å². The third-order valence-electron chi connectivity index (χ3n) is 2.67. The van der Waals surface area contributed by atoms with Crippen LogP contribution in [0.25, 0.3) is 0 Å². The Morgan fingerprint density at radius 3 is 1.89 bits per heavy atom. The number of carboxylic acid groups (broad SMARTS) is 2. The van der Waals surface area contributed by atoms with E-state index in [0.717, 1.165) is 0 Å². The molecular formula is C14H14O5. The Labute approximate surface area is 110 Å². The number of carboxylic acids is 2. The van der Waals surface area contributed by atoms with E-state index < -0.39 is 24.1 Å². The van der Waals surface area contributed by atoms with Gasteiger partial charge in [-0.2, -0.15) is 0 Å². The quantitative estimate of drug-likeness (QED) is 0.605. The lowest BCUT2D eigenvalue weighted by Gasteiger charge is -2.06. The molecule has 5 heteroatoms. The summed E-state index contributed by atoms with van der Waals surface area (Å²) in [5.74, 6) is -3.09. The van der Waals surface area contributed by atoms with Gasteiger partial charge in [0.15, 0.2) is 5.78 Å². The second-order valence-electron chi connectivity index (χ2n) is 3.89. The molecule has 1 aromatic carbocycles. The molecule has 0 saturated carbocycles. The van der Waals surface area contributed by atoms with Crippen molar-refractivity contribution in [2.75, 3.05) is 0 Å². The Kier molecular flexibility index (Phi) is 5.00.